The Hall–Kier alpha value is -3.28. The van der Waals surface area contributed by atoms with E-state index in [1.54, 1.807) is 6.92 Å². The van der Waals surface area contributed by atoms with Crippen LogP contribution in [-0.4, -0.2) is 86.9 Å². The molecular weight excluding hydrogens is 460 g/mol. The molecule has 0 saturated heterocycles. The van der Waals surface area contributed by atoms with E-state index in [9.17, 15) is 44.1 Å². The first kappa shape index (κ1) is 24.8. The molecule has 11 heteroatoms. The number of ketones is 5. The predicted octanol–water partition coefficient (Wildman–Crippen LogP) is -1.40. The molecule has 8 atom stereocenters. The van der Waals surface area contributed by atoms with Crippen LogP contribution in [0.15, 0.2) is 12.1 Å². The van der Waals surface area contributed by atoms with Crippen LogP contribution in [0.1, 0.15) is 46.0 Å². The third kappa shape index (κ3) is 3.01. The number of carbonyl (C=O) groups excluding carboxylic acids is 6. The molecule has 35 heavy (non-hydrogen) atoms. The fourth-order valence-corrected chi connectivity index (χ4v) is 6.38. The number of phenols is 1. The van der Waals surface area contributed by atoms with Crippen molar-refractivity contribution in [2.45, 2.75) is 37.5 Å². The molecule has 2 saturated carbocycles. The molecule has 11 nitrogen and oxygen atoms in total. The smallest absolute Gasteiger partial charge is 0.235 e. The van der Waals surface area contributed by atoms with Crippen molar-refractivity contribution in [3.63, 3.8) is 0 Å². The lowest BCUT2D eigenvalue weighted by Crippen LogP contribution is -2.77. The minimum Gasteiger partial charge on any atom is -0.507 e. The van der Waals surface area contributed by atoms with Crippen LogP contribution < -0.4 is 5.73 Å². The van der Waals surface area contributed by atoms with E-state index in [0.29, 0.717) is 0 Å². The molecule has 3 aliphatic rings. The maximum atomic E-state index is 13.8. The number of fused-ring (bicyclic) bond motifs is 3. The highest BCUT2D eigenvalue weighted by Crippen LogP contribution is 2.54. The Kier molecular flexibility index (Phi) is 5.58. The number of aromatic hydroxyl groups is 1. The molecule has 186 valence electrons. The molecule has 1 aromatic carbocycles. The Labute approximate surface area is 199 Å². The lowest BCUT2D eigenvalue weighted by molar-refractivity contribution is -0.196. The van der Waals surface area contributed by atoms with Crippen molar-refractivity contribution in [2.75, 3.05) is 14.1 Å². The van der Waals surface area contributed by atoms with E-state index in [1.807, 2.05) is 0 Å². The van der Waals surface area contributed by atoms with Crippen LogP contribution in [0.4, 0.5) is 0 Å². The number of carbonyl (C=O) groups is 6. The van der Waals surface area contributed by atoms with E-state index >= 15 is 0 Å². The summed E-state index contributed by atoms with van der Waals surface area (Å²) in [7, 11) is 2.83. The van der Waals surface area contributed by atoms with Crippen molar-refractivity contribution in [3.8, 4) is 5.75 Å². The largest absolute Gasteiger partial charge is 0.507 e. The molecule has 0 bridgehead atoms. The summed E-state index contributed by atoms with van der Waals surface area (Å²) in [4.78, 5) is 79.3. The average Bonchev–Trinajstić information content (AvgIpc) is 2.75. The van der Waals surface area contributed by atoms with Crippen molar-refractivity contribution in [2.24, 2.45) is 29.4 Å². The van der Waals surface area contributed by atoms with Crippen LogP contribution in [-0.2, 0) is 19.2 Å². The molecule has 0 heterocycles. The molecule has 1 amide bonds. The molecule has 1 aromatic rings. The Bertz CT molecular complexity index is 1220. The summed E-state index contributed by atoms with van der Waals surface area (Å²) in [6.45, 7) is 2.82. The van der Waals surface area contributed by atoms with E-state index in [1.165, 1.54) is 32.0 Å². The van der Waals surface area contributed by atoms with Gasteiger partial charge < -0.3 is 21.1 Å². The lowest BCUT2D eigenvalue weighted by Gasteiger charge is -2.56. The van der Waals surface area contributed by atoms with Gasteiger partial charge in [-0.2, -0.15) is 0 Å². The van der Waals surface area contributed by atoms with Crippen molar-refractivity contribution < 1.29 is 44.1 Å². The lowest BCUT2D eigenvalue weighted by atomic mass is 9.49. The minimum atomic E-state index is -3.05. The van der Waals surface area contributed by atoms with Crippen molar-refractivity contribution in [1.82, 2.24) is 4.90 Å². The molecule has 3 aliphatic carbocycles. The predicted molar refractivity (Wildman–Crippen MR) is 117 cm³/mol. The number of rotatable bonds is 3. The van der Waals surface area contributed by atoms with Gasteiger partial charge in [0.25, 0.3) is 0 Å². The zero-order valence-electron chi connectivity index (χ0n) is 19.5. The number of aliphatic hydroxyl groups is 2. The van der Waals surface area contributed by atoms with E-state index < -0.39 is 87.9 Å². The Morgan fingerprint density at radius 3 is 2.20 bits per heavy atom. The molecule has 2 unspecified atom stereocenters. The maximum absolute atomic E-state index is 13.8. The average molecular weight is 486 g/mol. The summed E-state index contributed by atoms with van der Waals surface area (Å²) in [6, 6.07) is 1.02. The van der Waals surface area contributed by atoms with Crippen LogP contribution in [0.3, 0.4) is 0 Å². The number of aliphatic hydroxyl groups excluding tert-OH is 1. The number of Topliss-reactive ketones (excluding diaryl/α,β-unsaturated/α-hetero) is 5. The SMILES string of the molecule is CC(=O)c1ccc(O)c2c1[C@H](C)[C@H]1C(C2=O)C(=O)[C@]2(O)C(=O)C(C(N)=O)C(=O)[C@@H](N(C)C)[C@@H]2[C@H]1O. The number of likely N-dealkylation sites (N-methyl/N-ethyl adjacent to an activating group) is 1. The highest BCUT2D eigenvalue weighted by molar-refractivity contribution is 6.32. The summed E-state index contributed by atoms with van der Waals surface area (Å²) < 4.78 is 0. The molecule has 5 N–H and O–H groups in total. The van der Waals surface area contributed by atoms with Gasteiger partial charge in [0.1, 0.15) is 5.75 Å². The third-order valence-electron chi connectivity index (χ3n) is 7.85. The second-order valence-corrected chi connectivity index (χ2v) is 9.84. The van der Waals surface area contributed by atoms with Crippen molar-refractivity contribution in [3.05, 3.63) is 28.8 Å². The molecular formula is C24H26N2O9. The zero-order chi connectivity index (χ0) is 26.3. The second kappa shape index (κ2) is 7.87. The van der Waals surface area contributed by atoms with Gasteiger partial charge >= 0.3 is 0 Å². The Morgan fingerprint density at radius 1 is 1.09 bits per heavy atom. The highest BCUT2D eigenvalue weighted by atomic mass is 16.3. The first-order valence-corrected chi connectivity index (χ1v) is 11.1. The maximum Gasteiger partial charge on any atom is 0.235 e. The number of amides is 1. The van der Waals surface area contributed by atoms with Gasteiger partial charge in [-0.25, -0.2) is 0 Å². The van der Waals surface area contributed by atoms with Crippen LogP contribution in [0.5, 0.6) is 5.75 Å². The second-order valence-electron chi connectivity index (χ2n) is 9.84. The van der Waals surface area contributed by atoms with Gasteiger partial charge in [0.2, 0.25) is 5.91 Å². The van der Waals surface area contributed by atoms with E-state index in [2.05, 4.69) is 0 Å². The van der Waals surface area contributed by atoms with Crippen LogP contribution in [0, 0.1) is 23.7 Å². The van der Waals surface area contributed by atoms with Crippen molar-refractivity contribution in [1.29, 1.82) is 0 Å². The molecule has 0 aromatic heterocycles. The Balaban J connectivity index is 2.00. The van der Waals surface area contributed by atoms with Gasteiger partial charge in [-0.05, 0) is 44.6 Å². The fraction of sp³-hybridized carbons (Fsp3) is 0.500. The van der Waals surface area contributed by atoms with E-state index in [4.69, 9.17) is 5.73 Å². The van der Waals surface area contributed by atoms with Crippen LogP contribution in [0.2, 0.25) is 0 Å². The number of hydrogen-bond donors (Lipinski definition) is 4. The third-order valence-corrected chi connectivity index (χ3v) is 7.85. The van der Waals surface area contributed by atoms with Crippen LogP contribution >= 0.6 is 0 Å². The number of benzene rings is 1. The van der Waals surface area contributed by atoms with Gasteiger partial charge in [-0.15, -0.1) is 0 Å². The summed E-state index contributed by atoms with van der Waals surface area (Å²) in [5.41, 5.74) is 2.17. The summed E-state index contributed by atoms with van der Waals surface area (Å²) in [5, 5.41) is 33.5. The quantitative estimate of drug-likeness (QED) is 0.292. The fourth-order valence-electron chi connectivity index (χ4n) is 6.38. The number of phenolic OH excluding ortho intramolecular Hbond substituents is 1. The molecule has 0 spiro atoms. The van der Waals surface area contributed by atoms with E-state index in [-0.39, 0.29) is 16.7 Å². The topological polar surface area (TPSA) is 192 Å². The Morgan fingerprint density at radius 2 is 1.69 bits per heavy atom. The highest BCUT2D eigenvalue weighted by Gasteiger charge is 2.73. The standard InChI is InChI=1S/C24H26N2O9/c1-7-11-9(8(2)27)5-6-10(28)13(11)18(29)14-12(7)19(30)16-17(26(3)4)20(31)15(23(25)34)22(33)24(16,35)21(14)32/h5-7,12,14-17,19,28,30,35H,1-4H3,(H2,25,34)/t7-,12-,14?,15?,16+,17-,19-,24-/m0/s1. The summed E-state index contributed by atoms with van der Waals surface area (Å²) in [5.74, 6) is -14.6. The molecule has 0 aliphatic heterocycles. The van der Waals surface area contributed by atoms with Crippen molar-refractivity contribution >= 4 is 34.8 Å². The molecule has 4 rings (SSSR count). The van der Waals surface area contributed by atoms with E-state index in [0.717, 1.165) is 6.07 Å². The van der Waals surface area contributed by atoms with Gasteiger partial charge in [0.05, 0.1) is 29.5 Å². The van der Waals surface area contributed by atoms with Gasteiger partial charge in [-0.3, -0.25) is 33.7 Å². The monoisotopic (exact) mass is 486 g/mol. The molecule has 2 fully saturated rings. The number of nitrogens with two attached hydrogens (primary N) is 1. The summed E-state index contributed by atoms with van der Waals surface area (Å²) in [6.07, 6.45) is -1.74. The van der Waals surface area contributed by atoms with Gasteiger partial charge in [0.15, 0.2) is 40.4 Å². The number of hydrogen-bond acceptors (Lipinski definition) is 10. The zero-order valence-corrected chi connectivity index (χ0v) is 19.5. The van der Waals surface area contributed by atoms with Gasteiger partial charge in [-0.1, -0.05) is 6.92 Å². The molecule has 0 radical (unpaired) electrons. The normalized spacial score (nSPS) is 36.5. The minimum absolute atomic E-state index is 0.117. The first-order chi connectivity index (χ1) is 16.2. The van der Waals surface area contributed by atoms with Gasteiger partial charge in [0, 0.05) is 11.5 Å². The number of primary amides is 1. The summed E-state index contributed by atoms with van der Waals surface area (Å²) >= 11 is 0. The number of nitrogens with zero attached hydrogens (tertiary/aromatic N) is 1. The first-order valence-electron chi connectivity index (χ1n) is 11.1. The van der Waals surface area contributed by atoms with Crippen LogP contribution in [0.25, 0.3) is 0 Å².